The molecule has 0 amide bonds. The molecule has 7 heteroatoms. The van der Waals surface area contributed by atoms with Crippen LogP contribution in [0, 0.1) is 0 Å². The lowest BCUT2D eigenvalue weighted by Crippen LogP contribution is -2.23. The highest BCUT2D eigenvalue weighted by Gasteiger charge is 2.14. The van der Waals surface area contributed by atoms with Crippen LogP contribution in [0.25, 0.3) is 6.08 Å². The molecule has 0 saturated heterocycles. The van der Waals surface area contributed by atoms with E-state index in [4.69, 9.17) is 9.52 Å². The normalized spacial score (nSPS) is 11.8. The van der Waals surface area contributed by atoms with Crippen molar-refractivity contribution in [2.45, 2.75) is 11.4 Å². The van der Waals surface area contributed by atoms with Crippen LogP contribution in [0.4, 0.5) is 0 Å². The van der Waals surface area contributed by atoms with Crippen molar-refractivity contribution in [1.82, 2.24) is 4.72 Å². The van der Waals surface area contributed by atoms with E-state index in [1.54, 1.807) is 24.3 Å². The van der Waals surface area contributed by atoms with Gasteiger partial charge < -0.3 is 9.52 Å². The van der Waals surface area contributed by atoms with E-state index < -0.39 is 16.0 Å². The first-order valence-electron chi connectivity index (χ1n) is 6.00. The van der Waals surface area contributed by atoms with E-state index in [1.165, 1.54) is 24.5 Å². The molecule has 0 saturated carbocycles. The minimum atomic E-state index is -3.69. The molecule has 0 radical (unpaired) electrons. The van der Waals surface area contributed by atoms with E-state index >= 15 is 0 Å². The maximum absolute atomic E-state index is 12.1. The molecule has 2 aromatic rings. The maximum atomic E-state index is 12.1. The average Bonchev–Trinajstić information content (AvgIpc) is 2.97. The van der Waals surface area contributed by atoms with Crippen LogP contribution < -0.4 is 4.72 Å². The number of benzene rings is 1. The van der Waals surface area contributed by atoms with Gasteiger partial charge in [-0.05, 0) is 35.9 Å². The SMILES string of the molecule is O=C(O)/C=C/c1cccc(S(=O)(=O)NCc2ccco2)c1. The first-order chi connectivity index (χ1) is 9.97. The fourth-order valence-corrected chi connectivity index (χ4v) is 2.66. The molecule has 2 N–H and O–H groups in total. The van der Waals surface area contributed by atoms with Gasteiger partial charge in [0.15, 0.2) is 0 Å². The minimum absolute atomic E-state index is 0.0462. The van der Waals surface area contributed by atoms with Gasteiger partial charge in [0.1, 0.15) is 5.76 Å². The summed E-state index contributed by atoms with van der Waals surface area (Å²) in [7, 11) is -3.69. The highest BCUT2D eigenvalue weighted by atomic mass is 32.2. The van der Waals surface area contributed by atoms with Gasteiger partial charge in [0.25, 0.3) is 0 Å². The standard InChI is InChI=1S/C14H13NO5S/c16-14(17)7-6-11-3-1-5-13(9-11)21(18,19)15-10-12-4-2-8-20-12/h1-9,15H,10H2,(H,16,17)/b7-6+. The Morgan fingerprint density at radius 3 is 2.76 bits per heavy atom. The number of carboxylic acid groups (broad SMARTS) is 1. The Labute approximate surface area is 121 Å². The Kier molecular flexibility index (Phi) is 4.56. The molecule has 1 aromatic carbocycles. The Morgan fingerprint density at radius 2 is 2.10 bits per heavy atom. The van der Waals surface area contributed by atoms with E-state index in [0.29, 0.717) is 11.3 Å². The molecule has 0 aliphatic rings. The fraction of sp³-hybridized carbons (Fsp3) is 0.0714. The monoisotopic (exact) mass is 307 g/mol. The van der Waals surface area contributed by atoms with Gasteiger partial charge in [0.2, 0.25) is 10.0 Å². The van der Waals surface area contributed by atoms with Gasteiger partial charge >= 0.3 is 5.97 Å². The predicted molar refractivity (Wildman–Crippen MR) is 75.8 cm³/mol. The lowest BCUT2D eigenvalue weighted by Gasteiger charge is -2.06. The van der Waals surface area contributed by atoms with Gasteiger partial charge in [-0.1, -0.05) is 12.1 Å². The summed E-state index contributed by atoms with van der Waals surface area (Å²) < 4.78 is 31.7. The summed E-state index contributed by atoms with van der Waals surface area (Å²) in [6.45, 7) is 0.0462. The number of furan rings is 1. The molecule has 2 rings (SSSR count). The number of carboxylic acids is 1. The highest BCUT2D eigenvalue weighted by Crippen LogP contribution is 2.13. The summed E-state index contributed by atoms with van der Waals surface area (Å²) in [5.41, 5.74) is 0.485. The number of aliphatic carboxylic acids is 1. The number of hydrogen-bond acceptors (Lipinski definition) is 4. The summed E-state index contributed by atoms with van der Waals surface area (Å²) in [6.07, 6.45) is 3.73. The molecule has 0 bridgehead atoms. The summed E-state index contributed by atoms with van der Waals surface area (Å²) in [5.74, 6) is -0.597. The van der Waals surface area contributed by atoms with Crippen LogP contribution in [0.5, 0.6) is 0 Å². The highest BCUT2D eigenvalue weighted by molar-refractivity contribution is 7.89. The van der Waals surface area contributed by atoms with Crippen molar-refractivity contribution < 1.29 is 22.7 Å². The Hall–Kier alpha value is -2.38. The molecule has 1 aromatic heterocycles. The molecule has 0 aliphatic heterocycles. The van der Waals surface area contributed by atoms with Gasteiger partial charge in [-0.25, -0.2) is 17.9 Å². The van der Waals surface area contributed by atoms with Gasteiger partial charge in [0, 0.05) is 6.08 Å². The summed E-state index contributed by atoms with van der Waals surface area (Å²) in [4.78, 5) is 10.5. The van der Waals surface area contributed by atoms with Crippen LogP contribution in [0.3, 0.4) is 0 Å². The van der Waals surface area contributed by atoms with Crippen LogP contribution in [-0.4, -0.2) is 19.5 Å². The summed E-state index contributed by atoms with van der Waals surface area (Å²) in [6, 6.07) is 9.32. The minimum Gasteiger partial charge on any atom is -0.478 e. The lowest BCUT2D eigenvalue weighted by molar-refractivity contribution is -0.131. The van der Waals surface area contributed by atoms with Gasteiger partial charge in [0.05, 0.1) is 17.7 Å². The van der Waals surface area contributed by atoms with Crippen LogP contribution >= 0.6 is 0 Å². The van der Waals surface area contributed by atoms with Gasteiger partial charge in [-0.3, -0.25) is 0 Å². The summed E-state index contributed by atoms with van der Waals surface area (Å²) in [5, 5.41) is 8.57. The van der Waals surface area contributed by atoms with Crippen molar-refractivity contribution in [2.24, 2.45) is 0 Å². The van der Waals surface area contributed by atoms with E-state index in [0.717, 1.165) is 6.08 Å². The molecule has 0 spiro atoms. The average molecular weight is 307 g/mol. The molecular formula is C14H13NO5S. The Morgan fingerprint density at radius 1 is 1.29 bits per heavy atom. The van der Waals surface area contributed by atoms with Crippen LogP contribution in [0.2, 0.25) is 0 Å². The second-order valence-electron chi connectivity index (χ2n) is 4.15. The van der Waals surface area contributed by atoms with Crippen molar-refractivity contribution in [3.63, 3.8) is 0 Å². The molecule has 21 heavy (non-hydrogen) atoms. The van der Waals surface area contributed by atoms with Crippen molar-refractivity contribution in [2.75, 3.05) is 0 Å². The molecule has 1 heterocycles. The Bertz CT molecular complexity index is 747. The first-order valence-corrected chi connectivity index (χ1v) is 7.49. The van der Waals surface area contributed by atoms with Crippen molar-refractivity contribution in [3.05, 3.63) is 60.1 Å². The molecule has 0 aliphatic carbocycles. The van der Waals surface area contributed by atoms with Gasteiger partial charge in [-0.2, -0.15) is 0 Å². The first kappa shape index (κ1) is 15.0. The van der Waals surface area contributed by atoms with Crippen molar-refractivity contribution in [1.29, 1.82) is 0 Å². The largest absolute Gasteiger partial charge is 0.478 e. The van der Waals surface area contributed by atoms with Crippen molar-refractivity contribution in [3.8, 4) is 0 Å². The third kappa shape index (κ3) is 4.30. The number of nitrogens with one attached hydrogen (secondary N) is 1. The second-order valence-corrected chi connectivity index (χ2v) is 5.91. The zero-order valence-electron chi connectivity index (χ0n) is 10.9. The third-order valence-corrected chi connectivity index (χ3v) is 4.00. The lowest BCUT2D eigenvalue weighted by atomic mass is 10.2. The van der Waals surface area contributed by atoms with Crippen LogP contribution in [0.15, 0.2) is 58.1 Å². The summed E-state index contributed by atoms with van der Waals surface area (Å²) >= 11 is 0. The topological polar surface area (TPSA) is 96.6 Å². The van der Waals surface area contributed by atoms with Crippen molar-refractivity contribution >= 4 is 22.1 Å². The fourth-order valence-electron chi connectivity index (χ4n) is 1.62. The predicted octanol–water partition coefficient (Wildman–Crippen LogP) is 1.86. The molecule has 0 atom stereocenters. The van der Waals surface area contributed by atoms with Gasteiger partial charge in [-0.15, -0.1) is 0 Å². The van der Waals surface area contributed by atoms with Crippen LogP contribution in [0.1, 0.15) is 11.3 Å². The van der Waals surface area contributed by atoms with E-state index in [9.17, 15) is 13.2 Å². The molecule has 0 unspecified atom stereocenters. The zero-order chi connectivity index (χ0) is 15.3. The molecule has 6 nitrogen and oxygen atoms in total. The van der Waals surface area contributed by atoms with E-state index in [1.807, 2.05) is 0 Å². The number of rotatable bonds is 6. The quantitative estimate of drug-likeness (QED) is 0.794. The molecule has 0 fully saturated rings. The zero-order valence-corrected chi connectivity index (χ0v) is 11.7. The third-order valence-electron chi connectivity index (χ3n) is 2.60. The Balaban J connectivity index is 2.16. The smallest absolute Gasteiger partial charge is 0.328 e. The number of sulfonamides is 1. The van der Waals surface area contributed by atoms with E-state index in [-0.39, 0.29) is 11.4 Å². The second kappa shape index (κ2) is 6.38. The molecule has 110 valence electrons. The van der Waals surface area contributed by atoms with Crippen LogP contribution in [-0.2, 0) is 21.4 Å². The maximum Gasteiger partial charge on any atom is 0.328 e. The molecular weight excluding hydrogens is 294 g/mol. The number of hydrogen-bond donors (Lipinski definition) is 2. The number of carbonyl (C=O) groups is 1. The van der Waals surface area contributed by atoms with E-state index in [2.05, 4.69) is 4.72 Å².